The van der Waals surface area contributed by atoms with Crippen LogP contribution in [0, 0.1) is 5.92 Å². The van der Waals surface area contributed by atoms with E-state index in [2.05, 4.69) is 41.3 Å². The molecule has 0 N–H and O–H groups in total. The van der Waals surface area contributed by atoms with Crippen LogP contribution in [-0.2, 0) is 10.5 Å². The number of piperidine rings is 3. The van der Waals surface area contributed by atoms with E-state index in [1.165, 1.54) is 47.5 Å². The van der Waals surface area contributed by atoms with E-state index >= 15 is 0 Å². The minimum atomic E-state index is -0.00884. The van der Waals surface area contributed by atoms with E-state index in [1.807, 2.05) is 17.8 Å². The SMILES string of the molecule is Clc1ccc2c(c1)[C@H](O[C@H]1CN3CCC1CC3)c1ccccc1CS2. The molecule has 0 amide bonds. The van der Waals surface area contributed by atoms with Crippen molar-refractivity contribution in [3.05, 3.63) is 64.2 Å². The summed E-state index contributed by atoms with van der Waals surface area (Å²) in [6, 6.07) is 15.0. The van der Waals surface area contributed by atoms with Crippen molar-refractivity contribution in [3.63, 3.8) is 0 Å². The number of benzene rings is 2. The normalized spacial score (nSPS) is 30.4. The van der Waals surface area contributed by atoms with Crippen molar-refractivity contribution in [2.45, 2.75) is 35.7 Å². The summed E-state index contributed by atoms with van der Waals surface area (Å²) in [5.41, 5.74) is 3.93. The second-order valence-electron chi connectivity index (χ2n) is 7.36. The van der Waals surface area contributed by atoms with Crippen LogP contribution in [0.1, 0.15) is 35.6 Å². The fraction of sp³-hybridized carbons (Fsp3) is 0.429. The van der Waals surface area contributed by atoms with Gasteiger partial charge in [-0.2, -0.15) is 0 Å². The molecule has 6 rings (SSSR count). The molecule has 25 heavy (non-hydrogen) atoms. The predicted molar refractivity (Wildman–Crippen MR) is 103 cm³/mol. The first-order chi connectivity index (χ1) is 12.3. The highest BCUT2D eigenvalue weighted by atomic mass is 35.5. The first-order valence-electron chi connectivity index (χ1n) is 9.16. The zero-order valence-electron chi connectivity index (χ0n) is 14.2. The Morgan fingerprint density at radius 3 is 2.68 bits per heavy atom. The molecule has 0 saturated carbocycles. The van der Waals surface area contributed by atoms with E-state index in [0.717, 1.165) is 17.3 Å². The molecule has 0 aliphatic carbocycles. The van der Waals surface area contributed by atoms with Crippen LogP contribution in [0.4, 0.5) is 0 Å². The van der Waals surface area contributed by atoms with Gasteiger partial charge < -0.3 is 9.64 Å². The maximum Gasteiger partial charge on any atom is 0.109 e. The lowest BCUT2D eigenvalue weighted by Gasteiger charge is -2.45. The number of thioether (sulfide) groups is 1. The van der Waals surface area contributed by atoms with Gasteiger partial charge in [0.25, 0.3) is 0 Å². The van der Waals surface area contributed by atoms with Gasteiger partial charge in [-0.25, -0.2) is 0 Å². The molecule has 0 radical (unpaired) electrons. The molecule has 0 spiro atoms. The molecule has 3 saturated heterocycles. The lowest BCUT2D eigenvalue weighted by Crippen LogP contribution is -2.51. The van der Waals surface area contributed by atoms with Crippen LogP contribution < -0.4 is 0 Å². The Morgan fingerprint density at radius 2 is 1.88 bits per heavy atom. The van der Waals surface area contributed by atoms with Gasteiger partial charge in [0.15, 0.2) is 0 Å². The third kappa shape index (κ3) is 3.02. The average molecular weight is 372 g/mol. The Balaban J connectivity index is 1.56. The Kier molecular flexibility index (Phi) is 4.29. The maximum atomic E-state index is 6.84. The fourth-order valence-electron chi connectivity index (χ4n) is 4.49. The quantitative estimate of drug-likeness (QED) is 0.724. The summed E-state index contributed by atoms with van der Waals surface area (Å²) < 4.78 is 6.84. The Morgan fingerprint density at radius 1 is 1.04 bits per heavy atom. The van der Waals surface area contributed by atoms with Crippen molar-refractivity contribution < 1.29 is 4.74 Å². The molecule has 4 aliphatic rings. The molecule has 0 unspecified atom stereocenters. The van der Waals surface area contributed by atoms with Gasteiger partial charge in [-0.15, -0.1) is 11.8 Å². The van der Waals surface area contributed by atoms with Crippen molar-refractivity contribution in [3.8, 4) is 0 Å². The van der Waals surface area contributed by atoms with Crippen LogP contribution in [0.2, 0.25) is 5.02 Å². The van der Waals surface area contributed by atoms with Crippen molar-refractivity contribution in [2.75, 3.05) is 19.6 Å². The summed E-state index contributed by atoms with van der Waals surface area (Å²) in [6.07, 6.45) is 2.87. The van der Waals surface area contributed by atoms with Crippen LogP contribution in [0.3, 0.4) is 0 Å². The van der Waals surface area contributed by atoms with Crippen molar-refractivity contribution >= 4 is 23.4 Å². The second-order valence-corrected chi connectivity index (χ2v) is 8.82. The molecule has 4 heteroatoms. The fourth-order valence-corrected chi connectivity index (χ4v) is 5.74. The second kappa shape index (κ2) is 6.62. The summed E-state index contributed by atoms with van der Waals surface area (Å²) in [5.74, 6) is 1.70. The molecule has 2 bridgehead atoms. The number of rotatable bonds is 2. The van der Waals surface area contributed by atoms with E-state index in [4.69, 9.17) is 16.3 Å². The molecular weight excluding hydrogens is 350 g/mol. The molecule has 0 aromatic heterocycles. The summed E-state index contributed by atoms with van der Waals surface area (Å²) in [7, 11) is 0. The first kappa shape index (κ1) is 16.2. The summed E-state index contributed by atoms with van der Waals surface area (Å²) >= 11 is 8.25. The van der Waals surface area contributed by atoms with Crippen LogP contribution in [0.15, 0.2) is 47.4 Å². The van der Waals surface area contributed by atoms with E-state index in [1.54, 1.807) is 0 Å². The Hall–Kier alpha value is -1.00. The number of ether oxygens (including phenoxy) is 1. The topological polar surface area (TPSA) is 12.5 Å². The third-order valence-corrected chi connectivity index (χ3v) is 7.26. The van der Waals surface area contributed by atoms with E-state index in [9.17, 15) is 0 Å². The lowest BCUT2D eigenvalue weighted by molar-refractivity contribution is -0.0933. The van der Waals surface area contributed by atoms with Gasteiger partial charge in [0, 0.05) is 27.8 Å². The van der Waals surface area contributed by atoms with Gasteiger partial charge in [0.2, 0.25) is 0 Å². The van der Waals surface area contributed by atoms with Gasteiger partial charge in [-0.3, -0.25) is 0 Å². The monoisotopic (exact) mass is 371 g/mol. The number of halogens is 1. The van der Waals surface area contributed by atoms with Crippen LogP contribution >= 0.6 is 23.4 Å². The first-order valence-corrected chi connectivity index (χ1v) is 10.5. The molecule has 2 atom stereocenters. The lowest BCUT2D eigenvalue weighted by atomic mass is 9.85. The van der Waals surface area contributed by atoms with Crippen molar-refractivity contribution in [1.82, 2.24) is 4.90 Å². The Labute approximate surface area is 158 Å². The zero-order valence-corrected chi connectivity index (χ0v) is 15.7. The number of hydrogen-bond acceptors (Lipinski definition) is 3. The van der Waals surface area contributed by atoms with Gasteiger partial charge in [-0.05, 0) is 61.2 Å². The van der Waals surface area contributed by atoms with Gasteiger partial charge in [0.1, 0.15) is 6.10 Å². The zero-order chi connectivity index (χ0) is 16.8. The largest absolute Gasteiger partial charge is 0.364 e. The molecular formula is C21H22ClNOS. The highest BCUT2D eigenvalue weighted by molar-refractivity contribution is 7.98. The summed E-state index contributed by atoms with van der Waals surface area (Å²) in [5, 5.41) is 0.793. The van der Waals surface area contributed by atoms with Crippen molar-refractivity contribution in [1.29, 1.82) is 0 Å². The molecule has 130 valence electrons. The number of fused-ring (bicyclic) bond motifs is 5. The smallest absolute Gasteiger partial charge is 0.109 e. The minimum absolute atomic E-state index is 0.00884. The molecule has 3 fully saturated rings. The standard InChI is InChI=1S/C21H22ClNOS/c22-16-5-6-20-18(11-16)21(17-4-2-1-3-15(17)13-25-20)24-19-12-23-9-7-14(19)8-10-23/h1-6,11,14,19,21H,7-10,12-13H2/t19-,21+/m0/s1. The van der Waals surface area contributed by atoms with Crippen molar-refractivity contribution in [2.24, 2.45) is 5.92 Å². The van der Waals surface area contributed by atoms with Gasteiger partial charge in [-0.1, -0.05) is 35.9 Å². The Bertz CT molecular complexity index is 787. The van der Waals surface area contributed by atoms with Crippen LogP contribution in [-0.4, -0.2) is 30.6 Å². The maximum absolute atomic E-state index is 6.84. The molecule has 4 aliphatic heterocycles. The van der Waals surface area contributed by atoms with E-state index < -0.39 is 0 Å². The van der Waals surface area contributed by atoms with E-state index in [-0.39, 0.29) is 6.10 Å². The third-order valence-electron chi connectivity index (χ3n) is 5.88. The molecule has 4 heterocycles. The number of hydrogen-bond donors (Lipinski definition) is 0. The predicted octanol–water partition coefficient (Wildman–Crippen LogP) is 5.15. The van der Waals surface area contributed by atoms with Gasteiger partial charge >= 0.3 is 0 Å². The van der Waals surface area contributed by atoms with Gasteiger partial charge in [0.05, 0.1) is 6.10 Å². The average Bonchev–Trinajstić information content (AvgIpc) is 2.80. The number of nitrogens with zero attached hydrogens (tertiary/aromatic N) is 1. The van der Waals surface area contributed by atoms with Crippen LogP contribution in [0.25, 0.3) is 0 Å². The molecule has 2 aromatic carbocycles. The highest BCUT2D eigenvalue weighted by Crippen LogP contribution is 2.44. The minimum Gasteiger partial charge on any atom is -0.364 e. The van der Waals surface area contributed by atoms with E-state index in [0.29, 0.717) is 12.0 Å². The molecule has 2 aromatic rings. The molecule has 2 nitrogen and oxygen atoms in total. The summed E-state index contributed by atoms with van der Waals surface area (Å²) in [4.78, 5) is 3.85. The summed E-state index contributed by atoms with van der Waals surface area (Å²) in [6.45, 7) is 3.56. The highest BCUT2D eigenvalue weighted by Gasteiger charge is 2.37. The van der Waals surface area contributed by atoms with Crippen LogP contribution in [0.5, 0.6) is 0 Å².